The molecule has 1 atom stereocenters. The predicted octanol–water partition coefficient (Wildman–Crippen LogP) is 0.845. The molecule has 1 N–H and O–H groups in total. The SMILES string of the molecule is O=C(NCCCOC[C@H]1CCOC1)N1CCC1. The third-order valence-electron chi connectivity index (χ3n) is 3.26. The van der Waals surface area contributed by atoms with Gasteiger partial charge in [-0.1, -0.05) is 0 Å². The highest BCUT2D eigenvalue weighted by atomic mass is 16.5. The molecule has 98 valence electrons. The molecule has 0 aliphatic carbocycles. The van der Waals surface area contributed by atoms with Gasteiger partial charge in [0.05, 0.1) is 13.2 Å². The van der Waals surface area contributed by atoms with Gasteiger partial charge in [-0.05, 0) is 19.3 Å². The molecule has 0 saturated carbocycles. The van der Waals surface area contributed by atoms with Crippen LogP contribution in [0.2, 0.25) is 0 Å². The van der Waals surface area contributed by atoms with Crippen molar-refractivity contribution < 1.29 is 14.3 Å². The van der Waals surface area contributed by atoms with E-state index in [-0.39, 0.29) is 6.03 Å². The summed E-state index contributed by atoms with van der Waals surface area (Å²) in [6.07, 6.45) is 3.14. The van der Waals surface area contributed by atoms with Crippen LogP contribution >= 0.6 is 0 Å². The first kappa shape index (κ1) is 12.6. The fraction of sp³-hybridized carbons (Fsp3) is 0.917. The van der Waals surface area contributed by atoms with Gasteiger partial charge in [0.2, 0.25) is 0 Å². The molecule has 17 heavy (non-hydrogen) atoms. The molecule has 5 nitrogen and oxygen atoms in total. The lowest BCUT2D eigenvalue weighted by Crippen LogP contribution is -2.48. The number of hydrogen-bond acceptors (Lipinski definition) is 3. The van der Waals surface area contributed by atoms with Crippen molar-refractivity contribution in [3.05, 3.63) is 0 Å². The molecule has 2 heterocycles. The van der Waals surface area contributed by atoms with E-state index < -0.39 is 0 Å². The Morgan fingerprint density at radius 1 is 1.47 bits per heavy atom. The van der Waals surface area contributed by atoms with Crippen LogP contribution in [0.4, 0.5) is 4.79 Å². The van der Waals surface area contributed by atoms with Gasteiger partial charge in [-0.2, -0.15) is 0 Å². The number of rotatable bonds is 6. The lowest BCUT2D eigenvalue weighted by molar-refractivity contribution is 0.0881. The van der Waals surface area contributed by atoms with Crippen molar-refractivity contribution >= 4 is 6.03 Å². The van der Waals surface area contributed by atoms with E-state index in [4.69, 9.17) is 9.47 Å². The summed E-state index contributed by atoms with van der Waals surface area (Å²) < 4.78 is 10.8. The van der Waals surface area contributed by atoms with E-state index in [0.717, 1.165) is 58.8 Å². The Bertz CT molecular complexity index is 238. The number of urea groups is 1. The van der Waals surface area contributed by atoms with Crippen LogP contribution in [0.15, 0.2) is 0 Å². The van der Waals surface area contributed by atoms with E-state index in [1.165, 1.54) is 0 Å². The monoisotopic (exact) mass is 242 g/mol. The molecule has 2 amide bonds. The van der Waals surface area contributed by atoms with E-state index >= 15 is 0 Å². The average Bonchev–Trinajstić information content (AvgIpc) is 2.73. The zero-order valence-electron chi connectivity index (χ0n) is 10.3. The maximum atomic E-state index is 11.4. The van der Waals surface area contributed by atoms with Crippen molar-refractivity contribution in [1.82, 2.24) is 10.2 Å². The summed E-state index contributed by atoms with van der Waals surface area (Å²) in [5, 5.41) is 2.90. The number of amides is 2. The van der Waals surface area contributed by atoms with E-state index in [2.05, 4.69) is 5.32 Å². The molecule has 0 radical (unpaired) electrons. The van der Waals surface area contributed by atoms with Crippen LogP contribution in [0.3, 0.4) is 0 Å². The van der Waals surface area contributed by atoms with Crippen molar-refractivity contribution in [3.8, 4) is 0 Å². The molecule has 0 aromatic rings. The van der Waals surface area contributed by atoms with Gasteiger partial charge in [-0.25, -0.2) is 4.79 Å². The van der Waals surface area contributed by atoms with Crippen LogP contribution < -0.4 is 5.32 Å². The zero-order chi connectivity index (χ0) is 11.9. The van der Waals surface area contributed by atoms with E-state index in [9.17, 15) is 4.79 Å². The largest absolute Gasteiger partial charge is 0.381 e. The number of hydrogen-bond donors (Lipinski definition) is 1. The topological polar surface area (TPSA) is 50.8 Å². The lowest BCUT2D eigenvalue weighted by atomic mass is 10.1. The zero-order valence-corrected chi connectivity index (χ0v) is 10.3. The Morgan fingerprint density at radius 2 is 2.35 bits per heavy atom. The van der Waals surface area contributed by atoms with Crippen LogP contribution in [0.5, 0.6) is 0 Å². The number of nitrogens with one attached hydrogen (secondary N) is 1. The van der Waals surface area contributed by atoms with Gasteiger partial charge in [0.25, 0.3) is 0 Å². The normalized spacial score (nSPS) is 23.5. The molecule has 0 bridgehead atoms. The minimum Gasteiger partial charge on any atom is -0.381 e. The van der Waals surface area contributed by atoms with Gasteiger partial charge in [-0.3, -0.25) is 0 Å². The number of ether oxygens (including phenoxy) is 2. The van der Waals surface area contributed by atoms with E-state index in [1.54, 1.807) is 0 Å². The molecule has 0 aromatic carbocycles. The first-order valence-electron chi connectivity index (χ1n) is 6.54. The summed E-state index contributed by atoms with van der Waals surface area (Å²) in [6, 6.07) is 0.0699. The van der Waals surface area contributed by atoms with E-state index in [1.807, 2.05) is 4.90 Å². The summed E-state index contributed by atoms with van der Waals surface area (Å²) in [5.41, 5.74) is 0. The minimum atomic E-state index is 0.0699. The molecule has 2 rings (SSSR count). The summed E-state index contributed by atoms with van der Waals surface area (Å²) >= 11 is 0. The molecule has 2 fully saturated rings. The predicted molar refractivity (Wildman–Crippen MR) is 64.0 cm³/mol. The van der Waals surface area contributed by atoms with Crippen LogP contribution in [0.25, 0.3) is 0 Å². The third-order valence-corrected chi connectivity index (χ3v) is 3.26. The first-order chi connectivity index (χ1) is 8.36. The number of carbonyl (C=O) groups is 1. The van der Waals surface area contributed by atoms with Crippen molar-refractivity contribution in [3.63, 3.8) is 0 Å². The van der Waals surface area contributed by atoms with Crippen molar-refractivity contribution in [2.45, 2.75) is 19.3 Å². The Kier molecular flexibility index (Phi) is 5.07. The van der Waals surface area contributed by atoms with Crippen LogP contribution in [-0.4, -0.2) is 57.0 Å². The molecule has 5 heteroatoms. The Balaban J connectivity index is 1.39. The van der Waals surface area contributed by atoms with Gasteiger partial charge in [0, 0.05) is 38.8 Å². The fourth-order valence-corrected chi connectivity index (χ4v) is 1.97. The molecule has 0 aromatic heterocycles. The molecular formula is C12H22N2O3. The summed E-state index contributed by atoms with van der Waals surface area (Å²) in [4.78, 5) is 13.3. The molecular weight excluding hydrogens is 220 g/mol. The van der Waals surface area contributed by atoms with Gasteiger partial charge in [-0.15, -0.1) is 0 Å². The number of likely N-dealkylation sites (tertiary alicyclic amines) is 1. The second-order valence-electron chi connectivity index (χ2n) is 4.73. The van der Waals surface area contributed by atoms with Crippen LogP contribution in [-0.2, 0) is 9.47 Å². The molecule has 2 saturated heterocycles. The maximum absolute atomic E-state index is 11.4. The standard InChI is InChI=1S/C12H22N2O3/c15-12(14-5-2-6-14)13-4-1-7-16-9-11-3-8-17-10-11/h11H,1-10H2,(H,13,15)/t11-/m1/s1. The molecule has 0 spiro atoms. The third kappa shape index (κ3) is 4.16. The molecule has 2 aliphatic heterocycles. The van der Waals surface area contributed by atoms with Gasteiger partial charge in [0.1, 0.15) is 0 Å². The lowest BCUT2D eigenvalue weighted by Gasteiger charge is -2.30. The van der Waals surface area contributed by atoms with Gasteiger partial charge < -0.3 is 19.7 Å². The van der Waals surface area contributed by atoms with Gasteiger partial charge >= 0.3 is 6.03 Å². The second-order valence-corrected chi connectivity index (χ2v) is 4.73. The van der Waals surface area contributed by atoms with Crippen LogP contribution in [0, 0.1) is 5.92 Å². The smallest absolute Gasteiger partial charge is 0.317 e. The Labute approximate surface area is 102 Å². The highest BCUT2D eigenvalue weighted by Crippen LogP contribution is 2.12. The quantitative estimate of drug-likeness (QED) is 0.702. The summed E-state index contributed by atoms with van der Waals surface area (Å²) in [6.45, 7) is 5.74. The highest BCUT2D eigenvalue weighted by Gasteiger charge is 2.19. The summed E-state index contributed by atoms with van der Waals surface area (Å²) in [7, 11) is 0. The van der Waals surface area contributed by atoms with Crippen molar-refractivity contribution in [2.24, 2.45) is 5.92 Å². The fourth-order valence-electron chi connectivity index (χ4n) is 1.97. The Hall–Kier alpha value is -0.810. The maximum Gasteiger partial charge on any atom is 0.317 e. The van der Waals surface area contributed by atoms with Crippen molar-refractivity contribution in [1.29, 1.82) is 0 Å². The first-order valence-corrected chi connectivity index (χ1v) is 6.54. The van der Waals surface area contributed by atoms with Gasteiger partial charge in [0.15, 0.2) is 0 Å². The minimum absolute atomic E-state index is 0.0699. The van der Waals surface area contributed by atoms with Crippen LogP contribution in [0.1, 0.15) is 19.3 Å². The average molecular weight is 242 g/mol. The summed E-state index contributed by atoms with van der Waals surface area (Å²) in [5.74, 6) is 0.575. The Morgan fingerprint density at radius 3 is 3.00 bits per heavy atom. The second kappa shape index (κ2) is 6.81. The van der Waals surface area contributed by atoms with E-state index in [0.29, 0.717) is 12.5 Å². The molecule has 2 aliphatic rings. The number of carbonyl (C=O) groups excluding carboxylic acids is 1. The van der Waals surface area contributed by atoms with Crippen molar-refractivity contribution in [2.75, 3.05) is 46.1 Å². The highest BCUT2D eigenvalue weighted by molar-refractivity contribution is 5.74. The number of nitrogens with zero attached hydrogens (tertiary/aromatic N) is 1. The molecule has 0 unspecified atom stereocenters.